The van der Waals surface area contributed by atoms with E-state index in [1.54, 1.807) is 18.4 Å². The quantitative estimate of drug-likeness (QED) is 0.774. The second kappa shape index (κ2) is 8.53. The maximum atomic E-state index is 11.8. The Hall–Kier alpha value is -1.89. The fourth-order valence-electron chi connectivity index (χ4n) is 1.84. The number of hydrogen-bond acceptors (Lipinski definition) is 6. The normalized spacial score (nSPS) is 11.9. The summed E-state index contributed by atoms with van der Waals surface area (Å²) in [4.78, 5) is 35.7. The topological polar surface area (TPSA) is 81.7 Å². The van der Waals surface area contributed by atoms with Crippen molar-refractivity contribution >= 4 is 29.2 Å². The van der Waals surface area contributed by atoms with Crippen LogP contribution in [-0.4, -0.2) is 37.6 Å². The number of amides is 1. The predicted octanol–water partition coefficient (Wildman–Crippen LogP) is 1.92. The number of hydrogen-bond donors (Lipinski definition) is 1. The lowest BCUT2D eigenvalue weighted by molar-refractivity contribution is -0.145. The molecule has 1 aromatic rings. The SMILES string of the molecule is COC(=O)[C@H](CC(C)C)NC(=O)COC(=O)c1sccc1C. The van der Waals surface area contributed by atoms with E-state index in [0.717, 1.165) is 5.56 Å². The van der Waals surface area contributed by atoms with Gasteiger partial charge < -0.3 is 14.8 Å². The summed E-state index contributed by atoms with van der Waals surface area (Å²) in [6.07, 6.45) is 0.455. The first kappa shape index (κ1) is 18.2. The smallest absolute Gasteiger partial charge is 0.349 e. The van der Waals surface area contributed by atoms with Gasteiger partial charge in [0.15, 0.2) is 6.61 Å². The Bertz CT molecular complexity index is 538. The average molecular weight is 327 g/mol. The molecule has 0 spiro atoms. The standard InChI is InChI=1S/C15H21NO5S/c1-9(2)7-11(14(18)20-4)16-12(17)8-21-15(19)13-10(3)5-6-22-13/h5-6,9,11H,7-8H2,1-4H3,(H,16,17)/t11-/m0/s1. The first-order chi connectivity index (χ1) is 10.3. The fourth-order valence-corrected chi connectivity index (χ4v) is 2.66. The molecule has 0 unspecified atom stereocenters. The molecule has 0 aromatic carbocycles. The third-order valence-electron chi connectivity index (χ3n) is 2.91. The van der Waals surface area contributed by atoms with Crippen molar-refractivity contribution in [3.8, 4) is 0 Å². The van der Waals surface area contributed by atoms with Crippen molar-refractivity contribution in [1.29, 1.82) is 0 Å². The highest BCUT2D eigenvalue weighted by molar-refractivity contribution is 7.12. The number of rotatable bonds is 7. The molecular weight excluding hydrogens is 306 g/mol. The van der Waals surface area contributed by atoms with Crippen molar-refractivity contribution in [2.24, 2.45) is 5.92 Å². The molecular formula is C15H21NO5S. The van der Waals surface area contributed by atoms with Crippen LogP contribution in [0.2, 0.25) is 0 Å². The van der Waals surface area contributed by atoms with E-state index in [9.17, 15) is 14.4 Å². The Morgan fingerprint density at radius 3 is 2.50 bits per heavy atom. The molecule has 0 radical (unpaired) electrons. The van der Waals surface area contributed by atoms with Crippen LogP contribution in [0.1, 0.15) is 35.5 Å². The van der Waals surface area contributed by atoms with E-state index in [2.05, 4.69) is 10.1 Å². The number of carbonyl (C=O) groups excluding carboxylic acids is 3. The van der Waals surface area contributed by atoms with Crippen LogP contribution in [0, 0.1) is 12.8 Å². The van der Waals surface area contributed by atoms with Gasteiger partial charge in [-0.05, 0) is 36.3 Å². The molecule has 22 heavy (non-hydrogen) atoms. The average Bonchev–Trinajstić information content (AvgIpc) is 2.89. The third kappa shape index (κ3) is 5.48. The van der Waals surface area contributed by atoms with Crippen LogP contribution in [0.5, 0.6) is 0 Å². The lowest BCUT2D eigenvalue weighted by Gasteiger charge is -2.18. The van der Waals surface area contributed by atoms with Gasteiger partial charge in [0.1, 0.15) is 10.9 Å². The van der Waals surface area contributed by atoms with E-state index in [4.69, 9.17) is 4.74 Å². The van der Waals surface area contributed by atoms with Crippen molar-refractivity contribution in [3.63, 3.8) is 0 Å². The Labute approximate surface area is 133 Å². The molecule has 1 amide bonds. The molecule has 1 aromatic heterocycles. The van der Waals surface area contributed by atoms with Gasteiger partial charge in [-0.2, -0.15) is 0 Å². The van der Waals surface area contributed by atoms with Crippen molar-refractivity contribution in [3.05, 3.63) is 21.9 Å². The van der Waals surface area contributed by atoms with E-state index in [1.807, 2.05) is 13.8 Å². The van der Waals surface area contributed by atoms with Gasteiger partial charge in [0.05, 0.1) is 7.11 Å². The number of esters is 2. The molecule has 0 bridgehead atoms. The van der Waals surface area contributed by atoms with Gasteiger partial charge in [0, 0.05) is 0 Å². The fraction of sp³-hybridized carbons (Fsp3) is 0.533. The van der Waals surface area contributed by atoms with Crippen molar-refractivity contribution < 1.29 is 23.9 Å². The van der Waals surface area contributed by atoms with Crippen LogP contribution < -0.4 is 5.32 Å². The molecule has 1 N–H and O–H groups in total. The molecule has 1 heterocycles. The minimum absolute atomic E-state index is 0.209. The van der Waals surface area contributed by atoms with Gasteiger partial charge >= 0.3 is 11.9 Å². The largest absolute Gasteiger partial charge is 0.467 e. The monoisotopic (exact) mass is 327 g/mol. The Morgan fingerprint density at radius 2 is 2.00 bits per heavy atom. The van der Waals surface area contributed by atoms with E-state index < -0.39 is 30.5 Å². The zero-order chi connectivity index (χ0) is 16.7. The summed E-state index contributed by atoms with van der Waals surface area (Å²) < 4.78 is 9.61. The van der Waals surface area contributed by atoms with Crippen LogP contribution in [0.4, 0.5) is 0 Å². The lowest BCUT2D eigenvalue weighted by Crippen LogP contribution is -2.44. The molecule has 0 aliphatic rings. The maximum absolute atomic E-state index is 11.8. The highest BCUT2D eigenvalue weighted by Gasteiger charge is 2.23. The summed E-state index contributed by atoms with van der Waals surface area (Å²) in [6, 6.07) is 1.07. The number of ether oxygens (including phenoxy) is 2. The Kier molecular flexibility index (Phi) is 7.04. The molecule has 7 heteroatoms. The molecule has 1 rings (SSSR count). The first-order valence-electron chi connectivity index (χ1n) is 6.93. The van der Waals surface area contributed by atoms with E-state index in [0.29, 0.717) is 11.3 Å². The number of nitrogens with one attached hydrogen (secondary N) is 1. The van der Waals surface area contributed by atoms with Crippen LogP contribution >= 0.6 is 11.3 Å². The maximum Gasteiger partial charge on any atom is 0.349 e. The minimum atomic E-state index is -0.736. The van der Waals surface area contributed by atoms with Crippen LogP contribution in [0.25, 0.3) is 0 Å². The van der Waals surface area contributed by atoms with Crippen molar-refractivity contribution in [2.75, 3.05) is 13.7 Å². The molecule has 0 aliphatic carbocycles. The van der Waals surface area contributed by atoms with Gasteiger partial charge in [0.2, 0.25) is 0 Å². The zero-order valence-corrected chi connectivity index (χ0v) is 14.0. The summed E-state index contributed by atoms with van der Waals surface area (Å²) in [6.45, 7) is 5.23. The molecule has 0 saturated carbocycles. The van der Waals surface area contributed by atoms with E-state index >= 15 is 0 Å². The number of carbonyl (C=O) groups is 3. The van der Waals surface area contributed by atoms with E-state index in [1.165, 1.54) is 18.4 Å². The third-order valence-corrected chi connectivity index (χ3v) is 3.91. The van der Waals surface area contributed by atoms with Crippen LogP contribution in [0.15, 0.2) is 11.4 Å². The Morgan fingerprint density at radius 1 is 1.32 bits per heavy atom. The van der Waals surface area contributed by atoms with Crippen molar-refractivity contribution in [2.45, 2.75) is 33.2 Å². The molecule has 1 atom stereocenters. The number of thiophene rings is 1. The summed E-state index contributed by atoms with van der Waals surface area (Å²) >= 11 is 1.26. The second-order valence-electron chi connectivity index (χ2n) is 5.28. The Balaban J connectivity index is 2.52. The van der Waals surface area contributed by atoms with Gasteiger partial charge in [0.25, 0.3) is 5.91 Å². The van der Waals surface area contributed by atoms with E-state index in [-0.39, 0.29) is 5.92 Å². The highest BCUT2D eigenvalue weighted by atomic mass is 32.1. The van der Waals surface area contributed by atoms with Gasteiger partial charge in [-0.25, -0.2) is 9.59 Å². The number of aryl methyl sites for hydroxylation is 1. The van der Waals surface area contributed by atoms with Gasteiger partial charge in [-0.1, -0.05) is 13.8 Å². The number of methoxy groups -OCH3 is 1. The predicted molar refractivity (Wildman–Crippen MR) is 82.7 cm³/mol. The van der Waals surface area contributed by atoms with Gasteiger partial charge in [-0.15, -0.1) is 11.3 Å². The minimum Gasteiger partial charge on any atom is -0.467 e. The summed E-state index contributed by atoms with van der Waals surface area (Å²) in [5.41, 5.74) is 0.808. The van der Waals surface area contributed by atoms with Crippen LogP contribution in [-0.2, 0) is 19.1 Å². The molecule has 0 fully saturated rings. The molecule has 0 saturated heterocycles. The molecule has 6 nitrogen and oxygen atoms in total. The molecule has 0 aliphatic heterocycles. The molecule has 122 valence electrons. The highest BCUT2D eigenvalue weighted by Crippen LogP contribution is 2.16. The first-order valence-corrected chi connectivity index (χ1v) is 7.81. The van der Waals surface area contributed by atoms with Gasteiger partial charge in [-0.3, -0.25) is 4.79 Å². The second-order valence-corrected chi connectivity index (χ2v) is 6.20. The summed E-state index contributed by atoms with van der Waals surface area (Å²) in [7, 11) is 1.27. The lowest BCUT2D eigenvalue weighted by atomic mass is 10.0. The van der Waals surface area contributed by atoms with Crippen LogP contribution in [0.3, 0.4) is 0 Å². The summed E-state index contributed by atoms with van der Waals surface area (Å²) in [5, 5.41) is 4.31. The zero-order valence-electron chi connectivity index (χ0n) is 13.2. The summed E-state index contributed by atoms with van der Waals surface area (Å²) in [5.74, 6) is -1.37. The van der Waals surface area contributed by atoms with Crippen molar-refractivity contribution in [1.82, 2.24) is 5.32 Å².